The van der Waals surface area contributed by atoms with Crippen molar-refractivity contribution in [3.05, 3.63) is 11.8 Å². The molecule has 32 heavy (non-hydrogen) atoms. The van der Waals surface area contributed by atoms with Gasteiger partial charge in [0.05, 0.1) is 0 Å². The summed E-state index contributed by atoms with van der Waals surface area (Å²) >= 11 is 0. The first-order valence-corrected chi connectivity index (χ1v) is 14.7. The number of hydrogen-bond acceptors (Lipinski definition) is 2. The maximum absolute atomic E-state index is 11.8. The van der Waals surface area contributed by atoms with E-state index in [2.05, 4.69) is 19.9 Å². The molecule has 0 aromatic carbocycles. The molecule has 0 aliphatic carbocycles. The van der Waals surface area contributed by atoms with E-state index in [9.17, 15) is 4.79 Å². The van der Waals surface area contributed by atoms with E-state index in [1.165, 1.54) is 141 Å². The molecule has 0 amide bonds. The van der Waals surface area contributed by atoms with Gasteiger partial charge in [0.1, 0.15) is 11.7 Å². The van der Waals surface area contributed by atoms with E-state index < -0.39 is 0 Å². The van der Waals surface area contributed by atoms with Crippen LogP contribution in [0.15, 0.2) is 11.8 Å². The van der Waals surface area contributed by atoms with Gasteiger partial charge in [-0.05, 0) is 25.3 Å². The van der Waals surface area contributed by atoms with E-state index in [0.29, 0.717) is 0 Å². The minimum Gasteiger partial charge on any atom is -0.430 e. The van der Waals surface area contributed by atoms with Gasteiger partial charge < -0.3 is 4.74 Å². The van der Waals surface area contributed by atoms with Crippen molar-refractivity contribution in [2.45, 2.75) is 168 Å². The second-order valence-electron chi connectivity index (χ2n) is 10.2. The van der Waals surface area contributed by atoms with Crippen LogP contribution in [0.3, 0.4) is 0 Å². The molecule has 1 rings (SSSR count). The number of rotatable bonds is 24. The molecule has 0 aromatic heterocycles. The van der Waals surface area contributed by atoms with Crippen LogP contribution in [-0.2, 0) is 9.53 Å². The van der Waals surface area contributed by atoms with Crippen LogP contribution in [0.4, 0.5) is 0 Å². The summed E-state index contributed by atoms with van der Waals surface area (Å²) in [5.74, 6) is 1.08. The zero-order valence-electron chi connectivity index (χ0n) is 21.9. The monoisotopic (exact) mass is 448 g/mol. The number of esters is 1. The molecular formula is C30H56O2. The van der Waals surface area contributed by atoms with Gasteiger partial charge in [-0.2, -0.15) is 0 Å². The lowest BCUT2D eigenvalue weighted by atomic mass is 9.93. The van der Waals surface area contributed by atoms with Gasteiger partial charge >= 0.3 is 5.97 Å². The first-order valence-electron chi connectivity index (χ1n) is 14.7. The van der Waals surface area contributed by atoms with E-state index in [-0.39, 0.29) is 11.9 Å². The molecule has 0 aromatic rings. The average molecular weight is 449 g/mol. The average Bonchev–Trinajstić information content (AvgIpc) is 2.79. The lowest BCUT2D eigenvalue weighted by Gasteiger charge is -2.28. The summed E-state index contributed by atoms with van der Waals surface area (Å²) in [6, 6.07) is 0. The number of carbonyl (C=O) groups excluding carboxylic acids is 1. The quantitative estimate of drug-likeness (QED) is 0.108. The maximum atomic E-state index is 11.8. The Bertz CT molecular complexity index is 454. The number of ether oxygens (including phenoxy) is 1. The standard InChI is InChI=1S/C30H56O2/c1-3-5-7-9-11-13-14-15-16-17-19-20-22-24-26-28-29(32-30(28)31)27-25-23-21-18-12-10-8-6-4-2/h27-28H,3-26H2,1-2H3/b29-27-. The first-order chi connectivity index (χ1) is 15.8. The molecule has 188 valence electrons. The minimum atomic E-state index is 0.0156. The van der Waals surface area contributed by atoms with E-state index in [4.69, 9.17) is 4.74 Å². The lowest BCUT2D eigenvalue weighted by molar-refractivity contribution is -0.157. The Morgan fingerprint density at radius 3 is 1.34 bits per heavy atom. The van der Waals surface area contributed by atoms with Gasteiger partial charge in [-0.15, -0.1) is 0 Å². The molecule has 0 bridgehead atoms. The summed E-state index contributed by atoms with van der Waals surface area (Å²) in [4.78, 5) is 11.8. The van der Waals surface area contributed by atoms with Gasteiger partial charge in [0.2, 0.25) is 0 Å². The lowest BCUT2D eigenvalue weighted by Crippen LogP contribution is -2.32. The van der Waals surface area contributed by atoms with Crippen LogP contribution in [0.5, 0.6) is 0 Å². The number of cyclic esters (lactones) is 1. The van der Waals surface area contributed by atoms with Crippen LogP contribution in [0.25, 0.3) is 0 Å². The topological polar surface area (TPSA) is 26.3 Å². The molecule has 0 saturated carbocycles. The molecular weight excluding hydrogens is 392 g/mol. The van der Waals surface area contributed by atoms with E-state index in [1.807, 2.05) is 0 Å². The van der Waals surface area contributed by atoms with Crippen LogP contribution in [0, 0.1) is 5.92 Å². The molecule has 1 aliphatic rings. The van der Waals surface area contributed by atoms with Crippen molar-refractivity contribution in [3.63, 3.8) is 0 Å². The fourth-order valence-corrected chi connectivity index (χ4v) is 4.83. The van der Waals surface area contributed by atoms with Gasteiger partial charge in [0.25, 0.3) is 0 Å². The molecule has 0 N–H and O–H groups in total. The second-order valence-corrected chi connectivity index (χ2v) is 10.2. The second kappa shape index (κ2) is 22.0. The van der Waals surface area contributed by atoms with E-state index >= 15 is 0 Å². The highest BCUT2D eigenvalue weighted by atomic mass is 16.6. The smallest absolute Gasteiger partial charge is 0.321 e. The largest absolute Gasteiger partial charge is 0.430 e. The summed E-state index contributed by atoms with van der Waals surface area (Å²) < 4.78 is 5.32. The molecule has 1 saturated heterocycles. The highest BCUT2D eigenvalue weighted by molar-refractivity contribution is 5.82. The van der Waals surface area contributed by atoms with Crippen LogP contribution < -0.4 is 0 Å². The van der Waals surface area contributed by atoms with Gasteiger partial charge in [-0.3, -0.25) is 4.79 Å². The van der Waals surface area contributed by atoms with Crippen molar-refractivity contribution in [2.24, 2.45) is 5.92 Å². The molecule has 1 aliphatic heterocycles. The fourth-order valence-electron chi connectivity index (χ4n) is 4.83. The normalized spacial score (nSPS) is 17.0. The number of hydrogen-bond donors (Lipinski definition) is 0. The summed E-state index contributed by atoms with van der Waals surface area (Å²) in [5.41, 5.74) is 0. The third-order valence-corrected chi connectivity index (χ3v) is 7.10. The molecule has 1 fully saturated rings. The van der Waals surface area contributed by atoms with Crippen LogP contribution in [0.2, 0.25) is 0 Å². The number of allylic oxidation sites excluding steroid dienone is 1. The zero-order valence-corrected chi connectivity index (χ0v) is 21.9. The van der Waals surface area contributed by atoms with E-state index in [0.717, 1.165) is 18.6 Å². The Balaban J connectivity index is 1.88. The van der Waals surface area contributed by atoms with Crippen molar-refractivity contribution in [2.75, 3.05) is 0 Å². The Morgan fingerprint density at radius 1 is 0.562 bits per heavy atom. The predicted molar refractivity (Wildman–Crippen MR) is 140 cm³/mol. The number of carbonyl (C=O) groups is 1. The molecule has 1 atom stereocenters. The fraction of sp³-hybridized carbons (Fsp3) is 0.900. The van der Waals surface area contributed by atoms with Gasteiger partial charge in [-0.1, -0.05) is 149 Å². The molecule has 0 radical (unpaired) electrons. The van der Waals surface area contributed by atoms with Gasteiger partial charge in [0, 0.05) is 0 Å². The van der Waals surface area contributed by atoms with Crippen LogP contribution in [0.1, 0.15) is 168 Å². The summed E-state index contributed by atoms with van der Waals surface area (Å²) in [5, 5.41) is 0. The van der Waals surface area contributed by atoms with Gasteiger partial charge in [0.15, 0.2) is 0 Å². The first kappa shape index (κ1) is 29.2. The van der Waals surface area contributed by atoms with Gasteiger partial charge in [-0.25, -0.2) is 0 Å². The van der Waals surface area contributed by atoms with Crippen molar-refractivity contribution in [1.82, 2.24) is 0 Å². The molecule has 0 spiro atoms. The Labute approximate surface area is 201 Å². The number of unbranched alkanes of at least 4 members (excludes halogenated alkanes) is 21. The van der Waals surface area contributed by atoms with Crippen molar-refractivity contribution in [1.29, 1.82) is 0 Å². The van der Waals surface area contributed by atoms with E-state index in [1.54, 1.807) is 0 Å². The Kier molecular flexibility index (Phi) is 20.1. The molecule has 1 heterocycles. The third-order valence-electron chi connectivity index (χ3n) is 7.10. The zero-order chi connectivity index (χ0) is 23.1. The van der Waals surface area contributed by atoms with Crippen LogP contribution >= 0.6 is 0 Å². The molecule has 1 unspecified atom stereocenters. The predicted octanol–water partition coefficient (Wildman–Crippen LogP) is 10.4. The summed E-state index contributed by atoms with van der Waals surface area (Å²) in [7, 11) is 0. The highest BCUT2D eigenvalue weighted by Gasteiger charge is 2.36. The summed E-state index contributed by atoms with van der Waals surface area (Å²) in [6.45, 7) is 4.56. The van der Waals surface area contributed by atoms with Crippen molar-refractivity contribution < 1.29 is 9.53 Å². The Morgan fingerprint density at radius 2 is 0.938 bits per heavy atom. The third kappa shape index (κ3) is 15.9. The SMILES string of the molecule is CCCCCCCCCC/C=C1\OC(=O)C1CCCCCCCCCCCCCCCC. The summed E-state index contributed by atoms with van der Waals surface area (Å²) in [6.07, 6.45) is 34.4. The minimum absolute atomic E-state index is 0.0156. The van der Waals surface area contributed by atoms with Crippen LogP contribution in [-0.4, -0.2) is 5.97 Å². The highest BCUT2D eigenvalue weighted by Crippen LogP contribution is 2.32. The molecule has 2 nitrogen and oxygen atoms in total. The Hall–Kier alpha value is -0.790. The maximum Gasteiger partial charge on any atom is 0.321 e. The van der Waals surface area contributed by atoms with Crippen molar-refractivity contribution >= 4 is 5.97 Å². The molecule has 2 heteroatoms. The van der Waals surface area contributed by atoms with Crippen molar-refractivity contribution in [3.8, 4) is 0 Å².